The zero-order valence-electron chi connectivity index (χ0n) is 11.4. The van der Waals surface area contributed by atoms with Crippen LogP contribution in [-0.2, 0) is 0 Å². The van der Waals surface area contributed by atoms with Crippen molar-refractivity contribution in [2.45, 2.75) is 6.92 Å². The average Bonchev–Trinajstić information content (AvgIpc) is 2.50. The van der Waals surface area contributed by atoms with Gasteiger partial charge >= 0.3 is 0 Å². The van der Waals surface area contributed by atoms with Gasteiger partial charge in [0.1, 0.15) is 11.6 Å². The number of aryl methyl sites for hydroxylation is 1. The van der Waals surface area contributed by atoms with Crippen LogP contribution in [0.25, 0.3) is 10.9 Å². The summed E-state index contributed by atoms with van der Waals surface area (Å²) < 4.78 is 13.9. The van der Waals surface area contributed by atoms with E-state index in [0.717, 1.165) is 16.5 Å². The Bertz CT molecular complexity index is 803. The van der Waals surface area contributed by atoms with Crippen LogP contribution in [0.5, 0.6) is 0 Å². The molecule has 6 heteroatoms. The molecule has 3 aromatic rings. The summed E-state index contributed by atoms with van der Waals surface area (Å²) in [5, 5.41) is 3.80. The lowest BCUT2D eigenvalue weighted by Crippen LogP contribution is -2.11. The van der Waals surface area contributed by atoms with Crippen molar-refractivity contribution >= 4 is 28.4 Å². The quantitative estimate of drug-likeness (QED) is 0.508. The maximum Gasteiger partial charge on any atom is 0.239 e. The van der Waals surface area contributed by atoms with E-state index < -0.39 is 0 Å². The van der Waals surface area contributed by atoms with Crippen molar-refractivity contribution in [2.75, 3.05) is 10.7 Å². The molecule has 0 saturated heterocycles. The Morgan fingerprint density at radius 1 is 1.10 bits per heavy atom. The smallest absolute Gasteiger partial charge is 0.239 e. The summed E-state index contributed by atoms with van der Waals surface area (Å²) >= 11 is 0. The Labute approximate surface area is 121 Å². The molecule has 1 aromatic heterocycles. The molecule has 0 aliphatic carbocycles. The first-order valence-electron chi connectivity index (χ1n) is 6.44. The van der Waals surface area contributed by atoms with Gasteiger partial charge in [0.25, 0.3) is 0 Å². The number of benzene rings is 2. The van der Waals surface area contributed by atoms with Crippen molar-refractivity contribution < 1.29 is 4.39 Å². The fraction of sp³-hybridized carbons (Fsp3) is 0.0667. The van der Waals surface area contributed by atoms with Crippen LogP contribution in [-0.4, -0.2) is 9.97 Å². The van der Waals surface area contributed by atoms with Crippen LogP contribution in [0, 0.1) is 12.7 Å². The summed E-state index contributed by atoms with van der Waals surface area (Å²) in [6.07, 6.45) is 0. The third-order valence-corrected chi connectivity index (χ3v) is 3.11. The summed E-state index contributed by atoms with van der Waals surface area (Å²) in [6, 6.07) is 12.3. The zero-order chi connectivity index (χ0) is 14.8. The van der Waals surface area contributed by atoms with E-state index in [1.54, 1.807) is 12.1 Å². The third-order valence-electron chi connectivity index (χ3n) is 3.11. The molecule has 4 N–H and O–H groups in total. The monoisotopic (exact) mass is 283 g/mol. The number of hydrogen-bond donors (Lipinski definition) is 3. The number of hydrogen-bond acceptors (Lipinski definition) is 5. The number of rotatable bonds is 3. The minimum absolute atomic E-state index is 0.268. The molecule has 21 heavy (non-hydrogen) atoms. The molecule has 0 bridgehead atoms. The molecule has 0 amide bonds. The molecule has 5 nitrogen and oxygen atoms in total. The van der Waals surface area contributed by atoms with Gasteiger partial charge in [0.15, 0.2) is 0 Å². The highest BCUT2D eigenvalue weighted by Crippen LogP contribution is 2.26. The Kier molecular flexibility index (Phi) is 3.37. The predicted octanol–water partition coefficient (Wildman–Crippen LogP) is 3.11. The number of fused-ring (bicyclic) bond motifs is 1. The largest absolute Gasteiger partial charge is 0.337 e. The Morgan fingerprint density at radius 3 is 2.71 bits per heavy atom. The van der Waals surface area contributed by atoms with Crippen molar-refractivity contribution in [3.8, 4) is 0 Å². The molecular formula is C15H14FN5. The summed E-state index contributed by atoms with van der Waals surface area (Å²) in [5.74, 6) is 5.80. The molecule has 2 aromatic carbocycles. The first kappa shape index (κ1) is 13.3. The minimum atomic E-state index is -0.342. The highest BCUT2D eigenvalue weighted by atomic mass is 19.1. The van der Waals surface area contributed by atoms with Gasteiger partial charge in [-0.25, -0.2) is 15.2 Å². The van der Waals surface area contributed by atoms with E-state index in [1.807, 2.05) is 31.2 Å². The molecule has 0 atom stereocenters. The number of nitrogens with one attached hydrogen (secondary N) is 2. The number of anilines is 3. The van der Waals surface area contributed by atoms with Gasteiger partial charge in [0.05, 0.1) is 11.2 Å². The third kappa shape index (κ3) is 2.61. The van der Waals surface area contributed by atoms with Crippen LogP contribution in [0.15, 0.2) is 42.5 Å². The summed E-state index contributed by atoms with van der Waals surface area (Å²) in [4.78, 5) is 8.52. The second-order valence-corrected chi connectivity index (χ2v) is 4.67. The Balaban J connectivity index is 2.13. The highest BCUT2D eigenvalue weighted by Gasteiger charge is 2.09. The van der Waals surface area contributed by atoms with Gasteiger partial charge < -0.3 is 5.32 Å². The van der Waals surface area contributed by atoms with E-state index in [-0.39, 0.29) is 11.8 Å². The molecule has 1 heterocycles. The molecule has 0 saturated carbocycles. The lowest BCUT2D eigenvalue weighted by atomic mass is 10.2. The van der Waals surface area contributed by atoms with Gasteiger partial charge in [-0.3, -0.25) is 5.43 Å². The normalized spacial score (nSPS) is 10.6. The number of para-hydroxylation sites is 1. The molecule has 0 unspecified atom stereocenters. The maximum atomic E-state index is 13.9. The van der Waals surface area contributed by atoms with Crippen LogP contribution in [0.3, 0.4) is 0 Å². The van der Waals surface area contributed by atoms with E-state index in [9.17, 15) is 4.39 Å². The Hall–Kier alpha value is -2.73. The molecule has 0 fully saturated rings. The van der Waals surface area contributed by atoms with Gasteiger partial charge in [-0.2, -0.15) is 4.98 Å². The molecule has 3 rings (SSSR count). The van der Waals surface area contributed by atoms with Gasteiger partial charge in [0.2, 0.25) is 5.95 Å². The number of nitrogens with two attached hydrogens (primary N) is 1. The van der Waals surface area contributed by atoms with E-state index in [2.05, 4.69) is 20.7 Å². The lowest BCUT2D eigenvalue weighted by Gasteiger charge is -2.11. The number of nitrogen functional groups attached to an aromatic ring is 1. The van der Waals surface area contributed by atoms with Crippen molar-refractivity contribution in [1.29, 1.82) is 0 Å². The summed E-state index contributed by atoms with van der Waals surface area (Å²) in [7, 11) is 0. The molecule has 0 radical (unpaired) electrons. The van der Waals surface area contributed by atoms with Crippen LogP contribution < -0.4 is 16.6 Å². The zero-order valence-corrected chi connectivity index (χ0v) is 11.4. The van der Waals surface area contributed by atoms with E-state index in [0.29, 0.717) is 11.5 Å². The van der Waals surface area contributed by atoms with Crippen molar-refractivity contribution in [1.82, 2.24) is 9.97 Å². The first-order chi connectivity index (χ1) is 10.2. The summed E-state index contributed by atoms with van der Waals surface area (Å²) in [5.41, 5.74) is 4.45. The van der Waals surface area contributed by atoms with E-state index in [1.165, 1.54) is 6.07 Å². The van der Waals surface area contributed by atoms with Crippen molar-refractivity contribution in [2.24, 2.45) is 5.84 Å². The van der Waals surface area contributed by atoms with Crippen molar-refractivity contribution in [3.63, 3.8) is 0 Å². The van der Waals surface area contributed by atoms with E-state index in [4.69, 9.17) is 5.84 Å². The number of halogens is 1. The molecule has 0 aliphatic heterocycles. The van der Waals surface area contributed by atoms with Gasteiger partial charge in [-0.15, -0.1) is 0 Å². The maximum absolute atomic E-state index is 13.9. The van der Waals surface area contributed by atoms with Gasteiger partial charge in [-0.05, 0) is 36.8 Å². The molecule has 0 aliphatic rings. The second kappa shape index (κ2) is 5.34. The predicted molar refractivity (Wildman–Crippen MR) is 81.8 cm³/mol. The Morgan fingerprint density at radius 2 is 1.90 bits per heavy atom. The first-order valence-corrected chi connectivity index (χ1v) is 6.44. The standard InChI is InChI=1S/C15H14FN5/c1-9-6-7-11(16)13(8-9)18-14-10-4-2-3-5-12(10)19-15(20-14)21-17/h2-8H,17H2,1H3,(H2,18,19,20,21). The summed E-state index contributed by atoms with van der Waals surface area (Å²) in [6.45, 7) is 1.90. The molecule has 0 spiro atoms. The van der Waals surface area contributed by atoms with Gasteiger partial charge in [0, 0.05) is 5.39 Å². The SMILES string of the molecule is Cc1ccc(F)c(Nc2nc(NN)nc3ccccc23)c1. The number of hydrazine groups is 1. The second-order valence-electron chi connectivity index (χ2n) is 4.67. The molecule has 106 valence electrons. The fourth-order valence-electron chi connectivity index (χ4n) is 2.10. The van der Waals surface area contributed by atoms with Crippen LogP contribution >= 0.6 is 0 Å². The average molecular weight is 283 g/mol. The lowest BCUT2D eigenvalue weighted by molar-refractivity contribution is 0.631. The van der Waals surface area contributed by atoms with Gasteiger partial charge in [-0.1, -0.05) is 18.2 Å². The number of aromatic nitrogens is 2. The van der Waals surface area contributed by atoms with Crippen LogP contribution in [0.1, 0.15) is 5.56 Å². The van der Waals surface area contributed by atoms with Crippen molar-refractivity contribution in [3.05, 3.63) is 53.8 Å². The van der Waals surface area contributed by atoms with Crippen LogP contribution in [0.4, 0.5) is 21.8 Å². The fourth-order valence-corrected chi connectivity index (χ4v) is 2.10. The van der Waals surface area contributed by atoms with E-state index >= 15 is 0 Å². The topological polar surface area (TPSA) is 75.9 Å². The highest BCUT2D eigenvalue weighted by molar-refractivity contribution is 5.91. The number of nitrogens with zero attached hydrogens (tertiary/aromatic N) is 2. The molecular weight excluding hydrogens is 269 g/mol. The van der Waals surface area contributed by atoms with Crippen LogP contribution in [0.2, 0.25) is 0 Å². The minimum Gasteiger partial charge on any atom is -0.337 e.